The van der Waals surface area contributed by atoms with E-state index in [1.807, 2.05) is 12.1 Å². The Morgan fingerprint density at radius 2 is 2.05 bits per heavy atom. The Hall–Kier alpha value is -1.80. The van der Waals surface area contributed by atoms with E-state index >= 15 is 0 Å². The van der Waals surface area contributed by atoms with E-state index in [2.05, 4.69) is 30.4 Å². The van der Waals surface area contributed by atoms with Crippen molar-refractivity contribution in [1.29, 1.82) is 0 Å². The molecule has 0 aliphatic carbocycles. The van der Waals surface area contributed by atoms with Gasteiger partial charge >= 0.3 is 0 Å². The summed E-state index contributed by atoms with van der Waals surface area (Å²) < 4.78 is 6.96. The molecule has 1 atom stereocenters. The highest BCUT2D eigenvalue weighted by molar-refractivity contribution is 5.45. The van der Waals surface area contributed by atoms with Crippen LogP contribution in [0.15, 0.2) is 12.1 Å². The van der Waals surface area contributed by atoms with Crippen molar-refractivity contribution in [3.8, 4) is 0 Å². The molecule has 0 radical (unpaired) electrons. The van der Waals surface area contributed by atoms with Gasteiger partial charge in [0.25, 0.3) is 0 Å². The van der Waals surface area contributed by atoms with E-state index in [9.17, 15) is 0 Å². The first-order valence-electron chi connectivity index (χ1n) is 8.02. The van der Waals surface area contributed by atoms with Crippen LogP contribution in [0.5, 0.6) is 0 Å². The maximum absolute atomic E-state index is 5.45. The Morgan fingerprint density at radius 3 is 2.95 bits per heavy atom. The molecule has 0 aromatic carbocycles. The zero-order valence-corrected chi connectivity index (χ0v) is 12.6. The minimum absolute atomic E-state index is 0.508. The summed E-state index contributed by atoms with van der Waals surface area (Å²) in [5.74, 6) is 0.970. The molecule has 2 saturated heterocycles. The molecule has 2 aromatic rings. The van der Waals surface area contributed by atoms with Crippen LogP contribution in [0.25, 0.3) is 5.65 Å². The summed E-state index contributed by atoms with van der Waals surface area (Å²) in [7, 11) is 0. The lowest BCUT2D eigenvalue weighted by Crippen LogP contribution is -2.49. The molecule has 0 amide bonds. The summed E-state index contributed by atoms with van der Waals surface area (Å²) in [5.41, 5.74) is 0.686. The molecule has 2 aliphatic rings. The van der Waals surface area contributed by atoms with Crippen LogP contribution >= 0.6 is 0 Å². The number of rotatable bonds is 3. The summed E-state index contributed by atoms with van der Waals surface area (Å²) in [4.78, 5) is 4.92. The molecule has 118 valence electrons. The third-order valence-corrected chi connectivity index (χ3v) is 4.55. The van der Waals surface area contributed by atoms with E-state index in [0.29, 0.717) is 11.7 Å². The second-order valence-electron chi connectivity index (χ2n) is 5.97. The number of anilines is 1. The Balaban J connectivity index is 1.53. The zero-order chi connectivity index (χ0) is 14.8. The quantitative estimate of drug-likeness (QED) is 0.802. The van der Waals surface area contributed by atoms with Crippen LogP contribution in [0.3, 0.4) is 0 Å². The molecule has 4 rings (SSSR count). The fraction of sp³-hybridized carbons (Fsp3) is 0.714. The number of hydrogen-bond acceptors (Lipinski definition) is 7. The Morgan fingerprint density at radius 1 is 1.14 bits per heavy atom. The second kappa shape index (κ2) is 6.13. The van der Waals surface area contributed by atoms with Crippen LogP contribution in [0.4, 0.5) is 5.82 Å². The van der Waals surface area contributed by atoms with Crippen LogP contribution in [-0.4, -0.2) is 75.6 Å². The number of aromatic nitrogens is 5. The van der Waals surface area contributed by atoms with E-state index in [1.54, 1.807) is 0 Å². The smallest absolute Gasteiger partial charge is 0.200 e. The number of tetrazole rings is 1. The largest absolute Gasteiger partial charge is 0.379 e. The van der Waals surface area contributed by atoms with Crippen LogP contribution < -0.4 is 4.90 Å². The lowest BCUT2D eigenvalue weighted by atomic mass is 10.0. The van der Waals surface area contributed by atoms with E-state index < -0.39 is 0 Å². The lowest BCUT2D eigenvalue weighted by molar-refractivity contribution is 0.0338. The summed E-state index contributed by atoms with van der Waals surface area (Å²) in [6.07, 6.45) is 3.72. The van der Waals surface area contributed by atoms with Gasteiger partial charge in [-0.05, 0) is 41.8 Å². The van der Waals surface area contributed by atoms with Gasteiger partial charge in [-0.25, -0.2) is 0 Å². The van der Waals surface area contributed by atoms with Crippen molar-refractivity contribution in [2.75, 3.05) is 44.3 Å². The minimum Gasteiger partial charge on any atom is -0.379 e. The summed E-state index contributed by atoms with van der Waals surface area (Å²) in [5, 5.41) is 16.0. The zero-order valence-electron chi connectivity index (χ0n) is 12.6. The van der Waals surface area contributed by atoms with Gasteiger partial charge in [-0.2, -0.15) is 0 Å². The van der Waals surface area contributed by atoms with Gasteiger partial charge < -0.3 is 9.64 Å². The molecular formula is C14H21N7O. The first-order valence-corrected chi connectivity index (χ1v) is 8.02. The fourth-order valence-electron chi connectivity index (χ4n) is 3.37. The third kappa shape index (κ3) is 2.76. The minimum atomic E-state index is 0.508. The van der Waals surface area contributed by atoms with Gasteiger partial charge in [-0.1, -0.05) is 0 Å². The summed E-state index contributed by atoms with van der Waals surface area (Å²) >= 11 is 0. The average Bonchev–Trinajstić information content (AvgIpc) is 3.04. The molecule has 0 N–H and O–H groups in total. The van der Waals surface area contributed by atoms with E-state index in [-0.39, 0.29) is 0 Å². The highest BCUT2D eigenvalue weighted by Gasteiger charge is 2.26. The predicted molar refractivity (Wildman–Crippen MR) is 80.8 cm³/mol. The SMILES string of the molecule is c1cc2nnnn2nc1N1CCCCC1CN1CCOCC1. The van der Waals surface area contributed by atoms with Crippen LogP contribution in [-0.2, 0) is 4.74 Å². The number of morpholine rings is 1. The lowest BCUT2D eigenvalue weighted by Gasteiger charge is -2.40. The van der Waals surface area contributed by atoms with Crippen molar-refractivity contribution in [3.05, 3.63) is 12.1 Å². The van der Waals surface area contributed by atoms with Crippen LogP contribution in [0, 0.1) is 0 Å². The highest BCUT2D eigenvalue weighted by atomic mass is 16.5. The van der Waals surface area contributed by atoms with Crippen molar-refractivity contribution in [1.82, 2.24) is 30.2 Å². The van der Waals surface area contributed by atoms with Crippen molar-refractivity contribution in [3.63, 3.8) is 0 Å². The van der Waals surface area contributed by atoms with Gasteiger partial charge in [0.15, 0.2) is 11.5 Å². The molecule has 22 heavy (non-hydrogen) atoms. The number of piperidine rings is 1. The van der Waals surface area contributed by atoms with Gasteiger partial charge in [0, 0.05) is 32.2 Å². The molecule has 2 fully saturated rings. The highest BCUT2D eigenvalue weighted by Crippen LogP contribution is 2.24. The monoisotopic (exact) mass is 303 g/mol. The molecule has 1 unspecified atom stereocenters. The number of ether oxygens (including phenoxy) is 1. The Bertz CT molecular complexity index is 624. The van der Waals surface area contributed by atoms with E-state index in [4.69, 9.17) is 4.74 Å². The van der Waals surface area contributed by atoms with E-state index in [0.717, 1.165) is 45.2 Å². The molecule has 0 bridgehead atoms. The summed E-state index contributed by atoms with van der Waals surface area (Å²) in [6.45, 7) is 5.89. The van der Waals surface area contributed by atoms with E-state index in [1.165, 1.54) is 23.9 Å². The van der Waals surface area contributed by atoms with Gasteiger partial charge in [-0.15, -0.1) is 14.8 Å². The Kier molecular flexibility index (Phi) is 3.86. The maximum atomic E-state index is 5.45. The number of fused-ring (bicyclic) bond motifs is 1. The molecule has 8 heteroatoms. The first-order chi connectivity index (χ1) is 10.9. The molecule has 2 aliphatic heterocycles. The molecule has 8 nitrogen and oxygen atoms in total. The van der Waals surface area contributed by atoms with Gasteiger partial charge in [-0.3, -0.25) is 4.90 Å². The maximum Gasteiger partial charge on any atom is 0.200 e. The van der Waals surface area contributed by atoms with Crippen molar-refractivity contribution < 1.29 is 4.74 Å². The number of nitrogens with zero attached hydrogens (tertiary/aromatic N) is 7. The van der Waals surface area contributed by atoms with Gasteiger partial charge in [0.1, 0.15) is 0 Å². The second-order valence-corrected chi connectivity index (χ2v) is 5.97. The fourth-order valence-corrected chi connectivity index (χ4v) is 3.37. The molecule has 0 saturated carbocycles. The first kappa shape index (κ1) is 13.8. The van der Waals surface area contributed by atoms with Crippen LogP contribution in [0.1, 0.15) is 19.3 Å². The van der Waals surface area contributed by atoms with Gasteiger partial charge in [0.05, 0.1) is 13.2 Å². The van der Waals surface area contributed by atoms with Gasteiger partial charge in [0.2, 0.25) is 0 Å². The topological polar surface area (TPSA) is 71.7 Å². The number of hydrogen-bond donors (Lipinski definition) is 0. The standard InChI is InChI=1S/C14H21N7O/c1-2-6-20(12(3-1)11-19-7-9-22-10-8-19)14-5-4-13-15-17-18-21(13)16-14/h4-5,12H,1-3,6-11H2. The molecule has 2 aromatic heterocycles. The molecule has 0 spiro atoms. The average molecular weight is 303 g/mol. The molecular weight excluding hydrogens is 282 g/mol. The normalized spacial score (nSPS) is 24.0. The van der Waals surface area contributed by atoms with Crippen molar-refractivity contribution in [2.24, 2.45) is 0 Å². The van der Waals surface area contributed by atoms with Crippen molar-refractivity contribution in [2.45, 2.75) is 25.3 Å². The predicted octanol–water partition coefficient (Wildman–Crippen LogP) is 0.210. The summed E-state index contributed by atoms with van der Waals surface area (Å²) in [6, 6.07) is 4.47. The molecule has 4 heterocycles. The Labute approximate surface area is 129 Å². The third-order valence-electron chi connectivity index (χ3n) is 4.55. The van der Waals surface area contributed by atoms with Crippen LogP contribution in [0.2, 0.25) is 0 Å². The van der Waals surface area contributed by atoms with Crippen molar-refractivity contribution >= 4 is 11.5 Å².